The molecule has 0 amide bonds. The van der Waals surface area contributed by atoms with Crippen molar-refractivity contribution in [1.82, 2.24) is 9.78 Å². The number of aliphatic hydroxyl groups excluding tert-OH is 1. The number of piperidine rings is 1. The molecule has 5 aromatic rings. The van der Waals surface area contributed by atoms with E-state index in [4.69, 9.17) is 0 Å². The van der Waals surface area contributed by atoms with Crippen LogP contribution in [0.1, 0.15) is 50.4 Å². The fourth-order valence-corrected chi connectivity index (χ4v) is 6.34. The Morgan fingerprint density at radius 2 is 1.56 bits per heavy atom. The molecule has 3 aromatic carbocycles. The molecular formula is C34H33N3O3S. The minimum Gasteiger partial charge on any atom is -0.396 e. The molecule has 0 radical (unpaired) electrons. The van der Waals surface area contributed by atoms with Gasteiger partial charge in [0.25, 0.3) is 0 Å². The second-order valence-electron chi connectivity index (χ2n) is 10.8. The molecule has 0 aliphatic carbocycles. The quantitative estimate of drug-likeness (QED) is 0.195. The lowest BCUT2D eigenvalue weighted by molar-refractivity contribution is 0.0986. The monoisotopic (exact) mass is 563 g/mol. The second kappa shape index (κ2) is 12.2. The molecule has 0 spiro atoms. The largest absolute Gasteiger partial charge is 0.396 e. The number of aliphatic hydroxyl groups is 1. The van der Waals surface area contributed by atoms with Gasteiger partial charge in [0.15, 0.2) is 11.6 Å². The van der Waals surface area contributed by atoms with Crippen molar-refractivity contribution in [3.63, 3.8) is 0 Å². The Morgan fingerprint density at radius 1 is 0.854 bits per heavy atom. The standard InChI is InChI=1S/C34H33N3O3S/c38-18-15-24-13-16-36(17-14-24)29-10-6-27(7-11-29)32(39)22-26-5-12-31-28(20-26)23-35-37(31)30-8-3-25(4-9-30)21-33(40)34-2-1-19-41-34/h1-12,19-20,23-24,38H,13-18,21-22H2. The van der Waals surface area contributed by atoms with Crippen molar-refractivity contribution in [2.24, 2.45) is 5.92 Å². The van der Waals surface area contributed by atoms with Crippen molar-refractivity contribution in [3.05, 3.63) is 112 Å². The third-order valence-corrected chi connectivity index (χ3v) is 8.96. The van der Waals surface area contributed by atoms with E-state index in [0.717, 1.165) is 76.2 Å². The molecule has 0 saturated carbocycles. The van der Waals surface area contributed by atoms with Gasteiger partial charge in [0.1, 0.15) is 0 Å². The molecule has 41 heavy (non-hydrogen) atoms. The lowest BCUT2D eigenvalue weighted by Crippen LogP contribution is -2.33. The summed E-state index contributed by atoms with van der Waals surface area (Å²) in [7, 11) is 0. The second-order valence-corrected chi connectivity index (χ2v) is 11.7. The third-order valence-electron chi connectivity index (χ3n) is 8.04. The maximum Gasteiger partial charge on any atom is 0.177 e. The number of aromatic nitrogens is 2. The van der Waals surface area contributed by atoms with Gasteiger partial charge in [-0.15, -0.1) is 11.3 Å². The molecule has 0 unspecified atom stereocenters. The number of fused-ring (bicyclic) bond motifs is 1. The summed E-state index contributed by atoms with van der Waals surface area (Å²) >= 11 is 1.47. The molecule has 1 fully saturated rings. The smallest absolute Gasteiger partial charge is 0.177 e. The summed E-state index contributed by atoms with van der Waals surface area (Å²) in [6.07, 6.45) is 5.63. The summed E-state index contributed by atoms with van der Waals surface area (Å²) < 4.78 is 1.89. The molecule has 0 atom stereocenters. The van der Waals surface area contributed by atoms with Crippen LogP contribution in [0.2, 0.25) is 0 Å². The highest BCUT2D eigenvalue weighted by Crippen LogP contribution is 2.26. The third kappa shape index (κ3) is 6.16. The lowest BCUT2D eigenvalue weighted by Gasteiger charge is -2.33. The van der Waals surface area contributed by atoms with Crippen molar-refractivity contribution in [2.75, 3.05) is 24.6 Å². The fourth-order valence-electron chi connectivity index (χ4n) is 5.67. The first-order valence-electron chi connectivity index (χ1n) is 14.2. The molecule has 7 heteroatoms. The zero-order valence-corrected chi connectivity index (χ0v) is 23.7. The van der Waals surface area contributed by atoms with Crippen LogP contribution in [-0.2, 0) is 12.8 Å². The Labute approximate surface area is 243 Å². The number of anilines is 1. The first-order chi connectivity index (χ1) is 20.1. The van der Waals surface area contributed by atoms with Crippen molar-refractivity contribution < 1.29 is 14.7 Å². The molecule has 0 bridgehead atoms. The molecule has 6 nitrogen and oxygen atoms in total. The molecule has 2 aromatic heterocycles. The zero-order chi connectivity index (χ0) is 28.2. The number of carbonyl (C=O) groups is 2. The molecule has 1 N–H and O–H groups in total. The van der Waals surface area contributed by atoms with Gasteiger partial charge in [0, 0.05) is 49.2 Å². The Bertz CT molecular complexity index is 1630. The molecule has 208 valence electrons. The topological polar surface area (TPSA) is 75.4 Å². The van der Waals surface area contributed by atoms with Crippen molar-refractivity contribution in [3.8, 4) is 5.69 Å². The predicted octanol–water partition coefficient (Wildman–Crippen LogP) is 6.54. The van der Waals surface area contributed by atoms with E-state index in [0.29, 0.717) is 18.8 Å². The van der Waals surface area contributed by atoms with Crippen LogP contribution in [0.3, 0.4) is 0 Å². The Hall–Kier alpha value is -4.07. The maximum atomic E-state index is 13.1. The SMILES string of the molecule is O=C(Cc1ccc2c(cnn2-c2ccc(CC(=O)c3cccs3)cc2)c1)c1ccc(N2CCC(CCO)CC2)cc1. The van der Waals surface area contributed by atoms with Crippen LogP contribution < -0.4 is 4.90 Å². The van der Waals surface area contributed by atoms with Crippen LogP contribution in [0.15, 0.2) is 90.4 Å². The van der Waals surface area contributed by atoms with Gasteiger partial charge in [-0.25, -0.2) is 4.68 Å². The number of benzene rings is 3. The average molecular weight is 564 g/mol. The molecule has 6 rings (SSSR count). The average Bonchev–Trinajstić information content (AvgIpc) is 3.69. The Balaban J connectivity index is 1.09. The van der Waals surface area contributed by atoms with Crippen LogP contribution >= 0.6 is 11.3 Å². The summed E-state index contributed by atoms with van der Waals surface area (Å²) in [5.74, 6) is 0.837. The van der Waals surface area contributed by atoms with Gasteiger partial charge in [0.2, 0.25) is 0 Å². The van der Waals surface area contributed by atoms with Crippen LogP contribution in [0.25, 0.3) is 16.6 Å². The normalized spacial score (nSPS) is 14.0. The molecule has 3 heterocycles. The fraction of sp³-hybridized carbons (Fsp3) is 0.265. The summed E-state index contributed by atoms with van der Waals surface area (Å²) in [6, 6.07) is 25.7. The highest BCUT2D eigenvalue weighted by molar-refractivity contribution is 7.12. The lowest BCUT2D eigenvalue weighted by atomic mass is 9.93. The molecule has 1 aliphatic rings. The van der Waals surface area contributed by atoms with E-state index in [1.54, 1.807) is 0 Å². The number of Topliss-reactive ketones (excluding diaryl/α,β-unsaturated/α-hetero) is 2. The van der Waals surface area contributed by atoms with Gasteiger partial charge in [-0.2, -0.15) is 5.10 Å². The van der Waals surface area contributed by atoms with Crippen molar-refractivity contribution >= 4 is 39.5 Å². The van der Waals surface area contributed by atoms with E-state index in [-0.39, 0.29) is 18.2 Å². The van der Waals surface area contributed by atoms with E-state index in [9.17, 15) is 14.7 Å². The first-order valence-corrected chi connectivity index (χ1v) is 15.1. The zero-order valence-electron chi connectivity index (χ0n) is 22.9. The van der Waals surface area contributed by atoms with Gasteiger partial charge in [-0.3, -0.25) is 9.59 Å². The van der Waals surface area contributed by atoms with Crippen molar-refractivity contribution in [2.45, 2.75) is 32.1 Å². The number of hydrogen-bond donors (Lipinski definition) is 1. The summed E-state index contributed by atoms with van der Waals surface area (Å²) in [5.41, 5.74) is 5.70. The summed E-state index contributed by atoms with van der Waals surface area (Å²) in [6.45, 7) is 2.25. The highest BCUT2D eigenvalue weighted by atomic mass is 32.1. The number of hydrogen-bond acceptors (Lipinski definition) is 6. The van der Waals surface area contributed by atoms with Crippen LogP contribution in [0, 0.1) is 5.92 Å². The van der Waals surface area contributed by atoms with Crippen molar-refractivity contribution in [1.29, 1.82) is 0 Å². The van der Waals surface area contributed by atoms with Crippen LogP contribution in [0.5, 0.6) is 0 Å². The van der Waals surface area contributed by atoms with E-state index in [2.05, 4.69) is 22.1 Å². The van der Waals surface area contributed by atoms with Gasteiger partial charge in [0.05, 0.1) is 22.3 Å². The summed E-state index contributed by atoms with van der Waals surface area (Å²) in [4.78, 5) is 28.7. The van der Waals surface area contributed by atoms with Crippen LogP contribution in [0.4, 0.5) is 5.69 Å². The van der Waals surface area contributed by atoms with E-state index < -0.39 is 0 Å². The minimum atomic E-state index is 0.0950. The number of nitrogens with zero attached hydrogens (tertiary/aromatic N) is 3. The van der Waals surface area contributed by atoms with E-state index in [1.807, 2.05) is 83.0 Å². The van der Waals surface area contributed by atoms with Gasteiger partial charge in [-0.1, -0.05) is 24.3 Å². The minimum absolute atomic E-state index is 0.0950. The maximum absolute atomic E-state index is 13.1. The van der Waals surface area contributed by atoms with Gasteiger partial charge >= 0.3 is 0 Å². The Kier molecular flexibility index (Phi) is 8.07. The number of carbonyl (C=O) groups excluding carboxylic acids is 2. The predicted molar refractivity (Wildman–Crippen MR) is 165 cm³/mol. The summed E-state index contributed by atoms with van der Waals surface area (Å²) in [5, 5.41) is 16.7. The molecule has 1 aliphatic heterocycles. The number of ketones is 2. The Morgan fingerprint density at radius 3 is 2.27 bits per heavy atom. The highest BCUT2D eigenvalue weighted by Gasteiger charge is 2.19. The molecule has 1 saturated heterocycles. The van der Waals surface area contributed by atoms with Crippen LogP contribution in [-0.4, -0.2) is 46.1 Å². The first kappa shape index (κ1) is 27.1. The van der Waals surface area contributed by atoms with Gasteiger partial charge in [-0.05, 0) is 96.3 Å². The number of thiophene rings is 1. The van der Waals surface area contributed by atoms with E-state index in [1.165, 1.54) is 11.3 Å². The van der Waals surface area contributed by atoms with E-state index >= 15 is 0 Å². The van der Waals surface area contributed by atoms with Gasteiger partial charge < -0.3 is 10.0 Å². The molecular weight excluding hydrogens is 530 g/mol. The number of rotatable bonds is 10.